The number of carbonyl (C=O) groups is 3. The largest absolute Gasteiger partial charge is 0.389 e. The van der Waals surface area contributed by atoms with Gasteiger partial charge in [0, 0.05) is 32.6 Å². The summed E-state index contributed by atoms with van der Waals surface area (Å²) in [5.41, 5.74) is 10.4. The van der Waals surface area contributed by atoms with Crippen molar-refractivity contribution in [3.8, 4) is 0 Å². The summed E-state index contributed by atoms with van der Waals surface area (Å²) in [6, 6.07) is -0.471. The average molecular weight is 397 g/mol. The van der Waals surface area contributed by atoms with Crippen LogP contribution in [0.5, 0.6) is 0 Å². The van der Waals surface area contributed by atoms with Crippen molar-refractivity contribution in [2.45, 2.75) is 31.2 Å². The third-order valence-electron chi connectivity index (χ3n) is 5.39. The molecule has 0 aromatic heterocycles. The number of nitrogens with zero attached hydrogens (tertiary/aromatic N) is 2. The van der Waals surface area contributed by atoms with Crippen LogP contribution in [-0.4, -0.2) is 59.4 Å². The Morgan fingerprint density at radius 1 is 1.15 bits per heavy atom. The first-order chi connectivity index (χ1) is 12.8. The summed E-state index contributed by atoms with van der Waals surface area (Å²) >= 11 is 5.58. The molecule has 9 nitrogen and oxygen atoms in total. The molecule has 0 aromatic carbocycles. The maximum absolute atomic E-state index is 12.6. The van der Waals surface area contributed by atoms with Gasteiger partial charge in [-0.25, -0.2) is 4.79 Å². The SMILES string of the molecule is N/C(Cl)=C\C=C(/N)N1CCN(C(=O)CCC2(C3CC3)NC(=O)NC2=O)CC1. The van der Waals surface area contributed by atoms with Crippen molar-refractivity contribution in [2.24, 2.45) is 17.4 Å². The van der Waals surface area contributed by atoms with Gasteiger partial charge in [0.05, 0.1) is 11.0 Å². The maximum Gasteiger partial charge on any atom is 0.322 e. The molecule has 0 aromatic rings. The molecule has 1 aliphatic carbocycles. The number of carbonyl (C=O) groups excluding carboxylic acids is 3. The first-order valence-electron chi connectivity index (χ1n) is 9.06. The maximum atomic E-state index is 12.6. The van der Waals surface area contributed by atoms with Gasteiger partial charge in [-0.15, -0.1) is 0 Å². The number of amides is 4. The van der Waals surface area contributed by atoms with E-state index in [4.69, 9.17) is 23.1 Å². The Morgan fingerprint density at radius 2 is 1.78 bits per heavy atom. The number of nitrogens with two attached hydrogens (primary N) is 2. The van der Waals surface area contributed by atoms with Crippen LogP contribution in [0.4, 0.5) is 4.79 Å². The average Bonchev–Trinajstić information content (AvgIpc) is 3.44. The molecule has 10 heteroatoms. The molecule has 0 radical (unpaired) electrons. The molecule has 2 heterocycles. The van der Waals surface area contributed by atoms with Gasteiger partial charge in [-0.05, 0) is 37.3 Å². The number of allylic oxidation sites excluding steroid dienone is 2. The van der Waals surface area contributed by atoms with E-state index in [1.165, 1.54) is 6.08 Å². The normalized spacial score (nSPS) is 26.9. The van der Waals surface area contributed by atoms with Crippen LogP contribution in [0.1, 0.15) is 25.7 Å². The van der Waals surface area contributed by atoms with Gasteiger partial charge in [-0.2, -0.15) is 0 Å². The van der Waals surface area contributed by atoms with Gasteiger partial charge in [0.15, 0.2) is 0 Å². The van der Waals surface area contributed by atoms with Crippen LogP contribution >= 0.6 is 11.6 Å². The van der Waals surface area contributed by atoms with Gasteiger partial charge in [0.25, 0.3) is 5.91 Å². The number of halogens is 1. The smallest absolute Gasteiger partial charge is 0.322 e. The molecule has 4 amide bonds. The first-order valence-corrected chi connectivity index (χ1v) is 9.44. The standard InChI is InChI=1S/C17H25ClN6O3/c18-12(19)3-4-13(20)23-7-9-24(10-8-23)14(25)5-6-17(11-1-2-11)15(26)21-16(27)22-17/h3-4,11H,1-2,5-10,19-20H2,(H2,21,22,26,27)/b12-3-,13-4+. The minimum Gasteiger partial charge on any atom is -0.389 e. The molecule has 3 rings (SSSR count). The highest BCUT2D eigenvalue weighted by molar-refractivity contribution is 6.29. The van der Waals surface area contributed by atoms with Gasteiger partial charge in [-0.3, -0.25) is 14.9 Å². The monoisotopic (exact) mass is 396 g/mol. The molecular weight excluding hydrogens is 372 g/mol. The Morgan fingerprint density at radius 3 is 2.30 bits per heavy atom. The van der Waals surface area contributed by atoms with Crippen molar-refractivity contribution in [1.82, 2.24) is 20.4 Å². The second-order valence-corrected chi connectivity index (χ2v) is 7.60. The number of imide groups is 1. The number of rotatable bonds is 6. The lowest BCUT2D eigenvalue weighted by molar-refractivity contribution is -0.133. The Balaban J connectivity index is 1.51. The molecule has 27 heavy (non-hydrogen) atoms. The summed E-state index contributed by atoms with van der Waals surface area (Å²) < 4.78 is 0. The molecule has 1 saturated carbocycles. The van der Waals surface area contributed by atoms with Gasteiger partial charge >= 0.3 is 6.03 Å². The van der Waals surface area contributed by atoms with Crippen LogP contribution in [-0.2, 0) is 9.59 Å². The van der Waals surface area contributed by atoms with Crippen molar-refractivity contribution >= 4 is 29.4 Å². The summed E-state index contributed by atoms with van der Waals surface area (Å²) in [4.78, 5) is 40.1. The lowest BCUT2D eigenvalue weighted by Gasteiger charge is -2.36. The Kier molecular flexibility index (Phi) is 5.50. The molecule has 148 valence electrons. The molecule has 0 spiro atoms. The predicted octanol–water partition coefficient (Wildman–Crippen LogP) is -0.262. The number of hydrogen-bond acceptors (Lipinski definition) is 6. The zero-order valence-electron chi connectivity index (χ0n) is 15.0. The molecule has 6 N–H and O–H groups in total. The molecule has 1 unspecified atom stereocenters. The van der Waals surface area contributed by atoms with E-state index in [0.29, 0.717) is 38.4 Å². The minimum absolute atomic E-state index is 0.0175. The fourth-order valence-electron chi connectivity index (χ4n) is 3.70. The van der Waals surface area contributed by atoms with E-state index in [2.05, 4.69) is 10.6 Å². The molecule has 2 aliphatic heterocycles. The lowest BCUT2D eigenvalue weighted by atomic mass is 9.87. The van der Waals surface area contributed by atoms with E-state index in [1.54, 1.807) is 11.0 Å². The number of hydrogen-bond donors (Lipinski definition) is 4. The Hall–Kier alpha value is -2.42. The zero-order chi connectivity index (χ0) is 19.6. The minimum atomic E-state index is -0.921. The third kappa shape index (κ3) is 4.29. The van der Waals surface area contributed by atoms with E-state index in [0.717, 1.165) is 12.8 Å². The highest BCUT2D eigenvalue weighted by Gasteiger charge is 2.55. The highest BCUT2D eigenvalue weighted by atomic mass is 35.5. The lowest BCUT2D eigenvalue weighted by Crippen LogP contribution is -2.52. The summed E-state index contributed by atoms with van der Waals surface area (Å²) in [5.74, 6) is 0.345. The van der Waals surface area contributed by atoms with Gasteiger partial charge in [0.2, 0.25) is 5.91 Å². The Labute approximate surface area is 162 Å². The van der Waals surface area contributed by atoms with Crippen LogP contribution in [0.25, 0.3) is 0 Å². The third-order valence-corrected chi connectivity index (χ3v) is 5.51. The first kappa shape index (κ1) is 19.3. The van der Waals surface area contributed by atoms with Crippen LogP contribution in [0, 0.1) is 5.92 Å². The summed E-state index contributed by atoms with van der Waals surface area (Å²) in [6.07, 6.45) is 5.51. The van der Waals surface area contributed by atoms with E-state index in [1.807, 2.05) is 4.90 Å². The second-order valence-electron chi connectivity index (χ2n) is 7.16. The topological polar surface area (TPSA) is 134 Å². The van der Waals surface area contributed by atoms with Crippen LogP contribution in [0.3, 0.4) is 0 Å². The van der Waals surface area contributed by atoms with Crippen molar-refractivity contribution in [2.75, 3.05) is 26.2 Å². The molecule has 2 saturated heterocycles. The Bertz CT molecular complexity index is 693. The van der Waals surface area contributed by atoms with Crippen LogP contribution in [0.15, 0.2) is 23.1 Å². The number of urea groups is 1. The van der Waals surface area contributed by atoms with E-state index < -0.39 is 11.6 Å². The summed E-state index contributed by atoms with van der Waals surface area (Å²) in [7, 11) is 0. The van der Waals surface area contributed by atoms with Gasteiger partial charge in [-0.1, -0.05) is 11.6 Å². The van der Waals surface area contributed by atoms with Gasteiger partial charge < -0.3 is 26.6 Å². The highest BCUT2D eigenvalue weighted by Crippen LogP contribution is 2.43. The van der Waals surface area contributed by atoms with Crippen molar-refractivity contribution in [3.05, 3.63) is 23.1 Å². The molecule has 3 aliphatic rings. The fourth-order valence-corrected chi connectivity index (χ4v) is 3.76. The summed E-state index contributed by atoms with van der Waals surface area (Å²) in [6.45, 7) is 2.30. The molecule has 3 fully saturated rings. The van der Waals surface area contributed by atoms with Crippen molar-refractivity contribution in [1.29, 1.82) is 0 Å². The number of nitrogens with one attached hydrogen (secondary N) is 2. The van der Waals surface area contributed by atoms with Crippen molar-refractivity contribution in [3.63, 3.8) is 0 Å². The quantitative estimate of drug-likeness (QED) is 0.277. The van der Waals surface area contributed by atoms with E-state index in [-0.39, 0.29) is 29.3 Å². The number of piperazine rings is 1. The van der Waals surface area contributed by atoms with E-state index >= 15 is 0 Å². The zero-order valence-corrected chi connectivity index (χ0v) is 15.8. The predicted molar refractivity (Wildman–Crippen MR) is 99.9 cm³/mol. The van der Waals surface area contributed by atoms with Crippen molar-refractivity contribution < 1.29 is 14.4 Å². The second kappa shape index (κ2) is 7.67. The van der Waals surface area contributed by atoms with E-state index in [9.17, 15) is 14.4 Å². The van der Waals surface area contributed by atoms with Crippen LogP contribution < -0.4 is 22.1 Å². The van der Waals surface area contributed by atoms with Crippen LogP contribution in [0.2, 0.25) is 0 Å². The summed E-state index contributed by atoms with van der Waals surface area (Å²) in [5, 5.41) is 5.21. The molecule has 0 bridgehead atoms. The fraction of sp³-hybridized carbons (Fsp3) is 0.588. The van der Waals surface area contributed by atoms with Gasteiger partial charge in [0.1, 0.15) is 5.54 Å². The molecular formula is C17H25ClN6O3. The molecule has 1 atom stereocenters.